The fourth-order valence-electron chi connectivity index (χ4n) is 2.50. The molecule has 1 nitrogen and oxygen atoms in total. The summed E-state index contributed by atoms with van der Waals surface area (Å²) in [6.07, 6.45) is 3.68. The smallest absolute Gasteiger partial charge is 0.0390 e. The third kappa shape index (κ3) is 3.58. The van der Waals surface area contributed by atoms with Crippen molar-refractivity contribution in [3.63, 3.8) is 0 Å². The first-order valence-electron chi connectivity index (χ1n) is 7.45. The quantitative estimate of drug-likeness (QED) is 0.715. The fraction of sp³-hybridized carbons (Fsp3) is 0.529. The van der Waals surface area contributed by atoms with E-state index in [1.807, 2.05) is 11.3 Å². The highest BCUT2D eigenvalue weighted by molar-refractivity contribution is 7.17. The topological polar surface area (TPSA) is 12.0 Å². The van der Waals surface area contributed by atoms with E-state index in [1.54, 1.807) is 0 Å². The van der Waals surface area contributed by atoms with Crippen LogP contribution in [-0.2, 0) is 0 Å². The van der Waals surface area contributed by atoms with Crippen molar-refractivity contribution in [2.24, 2.45) is 5.92 Å². The highest BCUT2D eigenvalue weighted by Crippen LogP contribution is 2.32. The summed E-state index contributed by atoms with van der Waals surface area (Å²) < 4.78 is 1.46. The number of hydrogen-bond acceptors (Lipinski definition) is 2. The molecule has 0 aliphatic heterocycles. The monoisotopic (exact) mass is 275 g/mol. The van der Waals surface area contributed by atoms with Crippen LogP contribution in [-0.4, -0.2) is 6.54 Å². The van der Waals surface area contributed by atoms with Crippen molar-refractivity contribution in [2.45, 2.75) is 46.1 Å². The van der Waals surface area contributed by atoms with Gasteiger partial charge in [0, 0.05) is 10.7 Å². The van der Waals surface area contributed by atoms with Gasteiger partial charge in [0.05, 0.1) is 0 Å². The Morgan fingerprint density at radius 1 is 1.21 bits per heavy atom. The van der Waals surface area contributed by atoms with Crippen molar-refractivity contribution in [3.8, 4) is 0 Å². The molecule has 2 aromatic rings. The minimum Gasteiger partial charge on any atom is -0.310 e. The van der Waals surface area contributed by atoms with Crippen LogP contribution >= 0.6 is 11.3 Å². The van der Waals surface area contributed by atoms with Gasteiger partial charge in [0.1, 0.15) is 0 Å². The molecule has 1 heterocycles. The van der Waals surface area contributed by atoms with Crippen LogP contribution in [0.5, 0.6) is 0 Å². The lowest BCUT2D eigenvalue weighted by Crippen LogP contribution is -2.24. The van der Waals surface area contributed by atoms with Gasteiger partial charge in [-0.15, -0.1) is 11.3 Å². The summed E-state index contributed by atoms with van der Waals surface area (Å²) in [6.45, 7) is 7.98. The molecular formula is C17H25NS. The predicted molar refractivity (Wildman–Crippen MR) is 86.9 cm³/mol. The van der Waals surface area contributed by atoms with Crippen molar-refractivity contribution < 1.29 is 0 Å². The number of benzene rings is 1. The standard InChI is InChI=1S/C17H25NS/c1-4-10-18-16(12-13(3)5-2)15-8-6-7-14-9-11-19-17(14)15/h6-9,11,13,16,18H,4-5,10,12H2,1-3H3. The first-order valence-corrected chi connectivity index (χ1v) is 8.33. The highest BCUT2D eigenvalue weighted by Gasteiger charge is 2.16. The lowest BCUT2D eigenvalue weighted by molar-refractivity contribution is 0.404. The Balaban J connectivity index is 2.27. The van der Waals surface area contributed by atoms with Gasteiger partial charge in [0.15, 0.2) is 0 Å². The molecule has 2 atom stereocenters. The van der Waals surface area contributed by atoms with Gasteiger partial charge in [-0.05, 0) is 47.7 Å². The normalized spacial score (nSPS) is 14.7. The van der Waals surface area contributed by atoms with Gasteiger partial charge in [-0.2, -0.15) is 0 Å². The summed E-state index contributed by atoms with van der Waals surface area (Å²) in [5, 5.41) is 7.33. The minimum absolute atomic E-state index is 0.497. The molecule has 0 saturated carbocycles. The predicted octanol–water partition coefficient (Wildman–Crippen LogP) is 5.38. The summed E-state index contributed by atoms with van der Waals surface area (Å²) in [4.78, 5) is 0. The van der Waals surface area contributed by atoms with Crippen LogP contribution in [0.25, 0.3) is 10.1 Å². The van der Waals surface area contributed by atoms with Crippen LogP contribution in [0.4, 0.5) is 0 Å². The van der Waals surface area contributed by atoms with E-state index in [4.69, 9.17) is 0 Å². The molecule has 1 N–H and O–H groups in total. The van der Waals surface area contributed by atoms with Gasteiger partial charge in [0.2, 0.25) is 0 Å². The van der Waals surface area contributed by atoms with E-state index in [0.717, 1.165) is 12.5 Å². The highest BCUT2D eigenvalue weighted by atomic mass is 32.1. The Bertz CT molecular complexity index is 503. The largest absolute Gasteiger partial charge is 0.310 e. The summed E-state index contributed by atoms with van der Waals surface area (Å²) in [5.74, 6) is 0.768. The molecule has 0 amide bonds. The second-order valence-electron chi connectivity index (χ2n) is 5.44. The molecule has 2 unspecified atom stereocenters. The number of thiophene rings is 1. The molecule has 0 aliphatic carbocycles. The van der Waals surface area contributed by atoms with Crippen LogP contribution in [0, 0.1) is 5.92 Å². The molecule has 1 aromatic heterocycles. The van der Waals surface area contributed by atoms with Crippen molar-refractivity contribution in [1.29, 1.82) is 0 Å². The van der Waals surface area contributed by atoms with Crippen molar-refractivity contribution in [1.82, 2.24) is 5.32 Å². The molecule has 2 rings (SSSR count). The Morgan fingerprint density at radius 3 is 2.79 bits per heavy atom. The van der Waals surface area contributed by atoms with Crippen molar-refractivity contribution in [3.05, 3.63) is 35.2 Å². The fourth-order valence-corrected chi connectivity index (χ4v) is 3.47. The molecule has 0 saturated heterocycles. The van der Waals surface area contributed by atoms with Gasteiger partial charge in [0.25, 0.3) is 0 Å². The van der Waals surface area contributed by atoms with E-state index < -0.39 is 0 Å². The minimum atomic E-state index is 0.497. The average molecular weight is 275 g/mol. The van der Waals surface area contributed by atoms with Crippen LogP contribution < -0.4 is 5.32 Å². The maximum Gasteiger partial charge on any atom is 0.0390 e. The summed E-state index contributed by atoms with van der Waals surface area (Å²) in [6, 6.07) is 9.44. The third-order valence-corrected chi connectivity index (χ3v) is 4.84. The molecule has 0 aliphatic rings. The summed E-state index contributed by atoms with van der Waals surface area (Å²) in [5.41, 5.74) is 1.49. The second kappa shape index (κ2) is 7.06. The van der Waals surface area contributed by atoms with Crippen LogP contribution in [0.2, 0.25) is 0 Å². The number of fused-ring (bicyclic) bond motifs is 1. The van der Waals surface area contributed by atoms with E-state index in [-0.39, 0.29) is 0 Å². The summed E-state index contributed by atoms with van der Waals surface area (Å²) in [7, 11) is 0. The Morgan fingerprint density at radius 2 is 2.05 bits per heavy atom. The molecule has 2 heteroatoms. The van der Waals surface area contributed by atoms with Crippen molar-refractivity contribution in [2.75, 3.05) is 6.54 Å². The van der Waals surface area contributed by atoms with Crippen LogP contribution in [0.1, 0.15) is 51.6 Å². The molecule has 19 heavy (non-hydrogen) atoms. The lowest BCUT2D eigenvalue weighted by Gasteiger charge is -2.22. The van der Waals surface area contributed by atoms with Gasteiger partial charge >= 0.3 is 0 Å². The SMILES string of the molecule is CCCNC(CC(C)CC)c1cccc2ccsc12. The van der Waals surface area contributed by atoms with E-state index in [2.05, 4.69) is 55.7 Å². The average Bonchev–Trinajstić information content (AvgIpc) is 2.91. The zero-order valence-corrected chi connectivity index (χ0v) is 13.1. The van der Waals surface area contributed by atoms with E-state index >= 15 is 0 Å². The number of hydrogen-bond donors (Lipinski definition) is 1. The molecule has 0 radical (unpaired) electrons. The first-order chi connectivity index (χ1) is 9.26. The molecule has 0 fully saturated rings. The molecule has 1 aromatic carbocycles. The molecular weight excluding hydrogens is 250 g/mol. The first kappa shape index (κ1) is 14.5. The van der Waals surface area contributed by atoms with Crippen LogP contribution in [0.15, 0.2) is 29.6 Å². The number of rotatable bonds is 7. The number of nitrogens with one attached hydrogen (secondary N) is 1. The van der Waals surface area contributed by atoms with E-state index in [0.29, 0.717) is 6.04 Å². The van der Waals surface area contributed by atoms with Crippen molar-refractivity contribution >= 4 is 21.4 Å². The second-order valence-corrected chi connectivity index (χ2v) is 6.36. The Labute approximate surface area is 121 Å². The van der Waals surface area contributed by atoms with Crippen LogP contribution in [0.3, 0.4) is 0 Å². The van der Waals surface area contributed by atoms with Gasteiger partial charge in [-0.25, -0.2) is 0 Å². The maximum absolute atomic E-state index is 3.74. The van der Waals surface area contributed by atoms with E-state index in [9.17, 15) is 0 Å². The summed E-state index contributed by atoms with van der Waals surface area (Å²) >= 11 is 1.87. The Hall–Kier alpha value is -0.860. The van der Waals surface area contributed by atoms with Gasteiger partial charge in [-0.3, -0.25) is 0 Å². The van der Waals surface area contributed by atoms with Gasteiger partial charge in [-0.1, -0.05) is 45.4 Å². The van der Waals surface area contributed by atoms with Gasteiger partial charge < -0.3 is 5.32 Å². The molecule has 104 valence electrons. The lowest BCUT2D eigenvalue weighted by atomic mass is 9.93. The maximum atomic E-state index is 3.74. The third-order valence-electron chi connectivity index (χ3n) is 3.86. The Kier molecular flexibility index (Phi) is 5.41. The van der Waals surface area contributed by atoms with E-state index in [1.165, 1.54) is 34.9 Å². The zero-order chi connectivity index (χ0) is 13.7. The zero-order valence-electron chi connectivity index (χ0n) is 12.3. The molecule has 0 spiro atoms. The molecule has 0 bridgehead atoms.